The van der Waals surface area contributed by atoms with Gasteiger partial charge in [-0.1, -0.05) is 48.0 Å². The molecule has 0 aliphatic carbocycles. The van der Waals surface area contributed by atoms with Crippen LogP contribution in [0.3, 0.4) is 0 Å². The standard InChI is InChI=1S/C17H17ClN2O6/c18-13-7-6-12(8-14(13)20(24)25)16(22)15(21)9-19-17(23)26-10-11-4-2-1-3-5-11/h1-8,15-16,21-22H,9-10H2,(H,19,23). The van der Waals surface area contributed by atoms with Crippen molar-refractivity contribution in [1.29, 1.82) is 0 Å². The van der Waals surface area contributed by atoms with E-state index in [1.807, 2.05) is 18.2 Å². The van der Waals surface area contributed by atoms with Crippen LogP contribution in [0.25, 0.3) is 0 Å². The molecule has 0 radical (unpaired) electrons. The van der Waals surface area contributed by atoms with Gasteiger partial charge in [-0.2, -0.15) is 0 Å². The van der Waals surface area contributed by atoms with Gasteiger partial charge in [-0.15, -0.1) is 0 Å². The lowest BCUT2D eigenvalue weighted by Gasteiger charge is -2.18. The van der Waals surface area contributed by atoms with Crippen molar-refractivity contribution >= 4 is 23.4 Å². The van der Waals surface area contributed by atoms with Gasteiger partial charge in [-0.05, 0) is 17.2 Å². The SMILES string of the molecule is O=C(NCC(O)C(O)c1ccc(Cl)c([N+](=O)[O-])c1)OCc1ccccc1. The Labute approximate surface area is 154 Å². The van der Waals surface area contributed by atoms with Gasteiger partial charge in [0.15, 0.2) is 0 Å². The molecule has 0 aliphatic rings. The molecule has 2 atom stereocenters. The molecule has 3 N–H and O–H groups in total. The smallest absolute Gasteiger partial charge is 0.407 e. The molecule has 0 spiro atoms. The normalized spacial score (nSPS) is 12.9. The number of aliphatic hydroxyl groups is 2. The van der Waals surface area contributed by atoms with E-state index in [2.05, 4.69) is 5.32 Å². The minimum Gasteiger partial charge on any atom is -0.445 e. The zero-order chi connectivity index (χ0) is 19.1. The van der Waals surface area contributed by atoms with Crippen LogP contribution in [0.1, 0.15) is 17.2 Å². The van der Waals surface area contributed by atoms with Gasteiger partial charge >= 0.3 is 6.09 Å². The molecule has 0 fully saturated rings. The van der Waals surface area contributed by atoms with Gasteiger partial charge in [0.05, 0.1) is 4.92 Å². The van der Waals surface area contributed by atoms with Crippen molar-refractivity contribution < 1.29 is 24.7 Å². The Morgan fingerprint density at radius 3 is 2.58 bits per heavy atom. The molecule has 9 heteroatoms. The molecule has 0 bridgehead atoms. The molecule has 2 aromatic carbocycles. The second-order valence-electron chi connectivity index (χ2n) is 5.42. The minimum absolute atomic E-state index is 0.0642. The van der Waals surface area contributed by atoms with Crippen LogP contribution >= 0.6 is 11.6 Å². The monoisotopic (exact) mass is 380 g/mol. The summed E-state index contributed by atoms with van der Waals surface area (Å²) in [6, 6.07) is 12.7. The van der Waals surface area contributed by atoms with Crippen LogP contribution in [-0.4, -0.2) is 33.9 Å². The predicted molar refractivity (Wildman–Crippen MR) is 93.7 cm³/mol. The average molecular weight is 381 g/mol. The average Bonchev–Trinajstić information content (AvgIpc) is 2.64. The number of carbonyl (C=O) groups excluding carboxylic acids is 1. The van der Waals surface area contributed by atoms with Crippen molar-refractivity contribution in [1.82, 2.24) is 5.32 Å². The Kier molecular flexibility index (Phi) is 6.90. The summed E-state index contributed by atoms with van der Waals surface area (Å²) in [5, 5.41) is 33.2. The molecule has 0 aliphatic heterocycles. The van der Waals surface area contributed by atoms with Gasteiger partial charge in [0.25, 0.3) is 5.69 Å². The molecule has 2 rings (SSSR count). The Balaban J connectivity index is 1.86. The molecule has 0 saturated carbocycles. The largest absolute Gasteiger partial charge is 0.445 e. The summed E-state index contributed by atoms with van der Waals surface area (Å²) in [5.74, 6) is 0. The van der Waals surface area contributed by atoms with Crippen LogP contribution in [-0.2, 0) is 11.3 Å². The number of benzene rings is 2. The van der Waals surface area contributed by atoms with Gasteiger partial charge < -0.3 is 20.3 Å². The van der Waals surface area contributed by atoms with Gasteiger partial charge in [0.2, 0.25) is 0 Å². The molecule has 1 amide bonds. The maximum Gasteiger partial charge on any atom is 0.407 e. The molecule has 0 aromatic heterocycles. The Bertz CT molecular complexity index is 771. The maximum atomic E-state index is 11.6. The molecule has 138 valence electrons. The van der Waals surface area contributed by atoms with Crippen molar-refractivity contribution in [2.75, 3.05) is 6.54 Å². The van der Waals surface area contributed by atoms with Crippen LogP contribution in [0.4, 0.5) is 10.5 Å². The first kappa shape index (κ1) is 19.6. The molecular weight excluding hydrogens is 364 g/mol. The van der Waals surface area contributed by atoms with E-state index in [0.717, 1.165) is 11.6 Å². The van der Waals surface area contributed by atoms with Crippen molar-refractivity contribution in [3.63, 3.8) is 0 Å². The molecule has 26 heavy (non-hydrogen) atoms. The second kappa shape index (κ2) is 9.14. The highest BCUT2D eigenvalue weighted by molar-refractivity contribution is 6.32. The molecule has 0 heterocycles. The number of nitro benzene ring substituents is 1. The molecule has 2 unspecified atom stereocenters. The fraction of sp³-hybridized carbons (Fsp3) is 0.235. The fourth-order valence-corrected chi connectivity index (χ4v) is 2.34. The topological polar surface area (TPSA) is 122 Å². The summed E-state index contributed by atoms with van der Waals surface area (Å²) in [6.07, 6.45) is -3.59. The van der Waals surface area contributed by atoms with E-state index in [1.165, 1.54) is 12.1 Å². The van der Waals surface area contributed by atoms with Gasteiger partial charge in [0.1, 0.15) is 23.8 Å². The lowest BCUT2D eigenvalue weighted by Crippen LogP contribution is -2.35. The molecule has 0 saturated heterocycles. The zero-order valence-corrected chi connectivity index (χ0v) is 14.3. The Morgan fingerprint density at radius 2 is 1.92 bits per heavy atom. The summed E-state index contributed by atoms with van der Waals surface area (Å²) >= 11 is 5.70. The van der Waals surface area contributed by atoms with Crippen molar-refractivity contribution in [2.45, 2.75) is 18.8 Å². The van der Waals surface area contributed by atoms with Crippen LogP contribution in [0.15, 0.2) is 48.5 Å². The highest BCUT2D eigenvalue weighted by Crippen LogP contribution is 2.28. The van der Waals surface area contributed by atoms with E-state index in [9.17, 15) is 25.1 Å². The Hall–Kier alpha value is -2.68. The fourth-order valence-electron chi connectivity index (χ4n) is 2.15. The molecule has 2 aromatic rings. The Morgan fingerprint density at radius 1 is 1.23 bits per heavy atom. The highest BCUT2D eigenvalue weighted by Gasteiger charge is 2.23. The van der Waals surface area contributed by atoms with E-state index in [4.69, 9.17) is 16.3 Å². The third-order valence-electron chi connectivity index (χ3n) is 3.54. The first-order chi connectivity index (χ1) is 12.4. The van der Waals surface area contributed by atoms with E-state index in [-0.39, 0.29) is 29.4 Å². The van der Waals surface area contributed by atoms with Gasteiger partial charge in [-0.3, -0.25) is 10.1 Å². The first-order valence-electron chi connectivity index (χ1n) is 7.63. The summed E-state index contributed by atoms with van der Waals surface area (Å²) in [5.41, 5.74) is 0.524. The van der Waals surface area contributed by atoms with E-state index >= 15 is 0 Å². The number of rotatable bonds is 7. The zero-order valence-electron chi connectivity index (χ0n) is 13.5. The number of hydrogen-bond acceptors (Lipinski definition) is 6. The van der Waals surface area contributed by atoms with Crippen LogP contribution in [0.2, 0.25) is 5.02 Å². The van der Waals surface area contributed by atoms with Crippen molar-refractivity contribution in [3.05, 3.63) is 74.8 Å². The van der Waals surface area contributed by atoms with E-state index in [0.29, 0.717) is 0 Å². The number of hydrogen-bond donors (Lipinski definition) is 3. The lowest BCUT2D eigenvalue weighted by atomic mass is 10.0. The number of nitro groups is 1. The van der Waals surface area contributed by atoms with E-state index < -0.39 is 23.2 Å². The third-order valence-corrected chi connectivity index (χ3v) is 3.86. The van der Waals surface area contributed by atoms with Crippen molar-refractivity contribution in [3.8, 4) is 0 Å². The number of nitrogens with one attached hydrogen (secondary N) is 1. The summed E-state index contributed by atoms with van der Waals surface area (Å²) in [4.78, 5) is 21.8. The third kappa shape index (κ3) is 5.41. The number of halogens is 1. The minimum atomic E-state index is -1.44. The number of alkyl carbamates (subject to hydrolysis) is 1. The first-order valence-corrected chi connectivity index (χ1v) is 8.01. The van der Waals surface area contributed by atoms with E-state index in [1.54, 1.807) is 12.1 Å². The predicted octanol–water partition coefficient (Wildman–Crippen LogP) is 2.57. The quantitative estimate of drug-likeness (QED) is 0.501. The number of amides is 1. The van der Waals surface area contributed by atoms with Gasteiger partial charge in [-0.25, -0.2) is 4.79 Å². The summed E-state index contributed by atoms with van der Waals surface area (Å²) < 4.78 is 4.98. The number of nitrogens with zero attached hydrogens (tertiary/aromatic N) is 1. The maximum absolute atomic E-state index is 11.6. The van der Waals surface area contributed by atoms with Gasteiger partial charge in [0, 0.05) is 12.6 Å². The van der Waals surface area contributed by atoms with Crippen LogP contribution < -0.4 is 5.32 Å². The highest BCUT2D eigenvalue weighted by atomic mass is 35.5. The van der Waals surface area contributed by atoms with Crippen molar-refractivity contribution in [2.24, 2.45) is 0 Å². The lowest BCUT2D eigenvalue weighted by molar-refractivity contribution is -0.384. The summed E-state index contributed by atoms with van der Waals surface area (Å²) in [7, 11) is 0. The number of ether oxygens (including phenoxy) is 1. The summed E-state index contributed by atoms with van der Waals surface area (Å²) in [6.45, 7) is -0.236. The van der Waals surface area contributed by atoms with Crippen LogP contribution in [0.5, 0.6) is 0 Å². The molecule has 8 nitrogen and oxygen atoms in total. The van der Waals surface area contributed by atoms with Crippen LogP contribution in [0, 0.1) is 10.1 Å². The number of carbonyl (C=O) groups is 1. The molecular formula is C17H17ClN2O6. The second-order valence-corrected chi connectivity index (χ2v) is 5.83. The number of aliphatic hydroxyl groups excluding tert-OH is 2.